The zero-order chi connectivity index (χ0) is 31.6. The molecule has 9 nitrogen and oxygen atoms in total. The molecule has 1 amide bonds. The number of rotatable bonds is 10. The first-order valence-corrected chi connectivity index (χ1v) is 17.4. The van der Waals surface area contributed by atoms with E-state index in [-0.39, 0.29) is 29.3 Å². The fourth-order valence-corrected chi connectivity index (χ4v) is 5.97. The summed E-state index contributed by atoms with van der Waals surface area (Å²) in [7, 11) is -2.22. The zero-order valence-electron chi connectivity index (χ0n) is 26.7. The van der Waals surface area contributed by atoms with Gasteiger partial charge in [-0.2, -0.15) is 0 Å². The Bertz CT molecular complexity index is 1390. The van der Waals surface area contributed by atoms with E-state index in [1.54, 1.807) is 0 Å². The Hall–Kier alpha value is -2.95. The second kappa shape index (κ2) is 12.7. The Balaban J connectivity index is 2.02. The van der Waals surface area contributed by atoms with Crippen LogP contribution in [0.4, 0.5) is 4.79 Å². The van der Waals surface area contributed by atoms with Gasteiger partial charge in [0.25, 0.3) is 0 Å². The predicted octanol–water partition coefficient (Wildman–Crippen LogP) is 8.05. The van der Waals surface area contributed by atoms with Crippen molar-refractivity contribution in [3.8, 4) is 28.4 Å². The maximum Gasteiger partial charge on any atom is 0.404 e. The fraction of sp³-hybridized carbons (Fsp3) is 0.548. The van der Waals surface area contributed by atoms with Crippen LogP contribution in [0, 0.1) is 26.2 Å². The van der Waals surface area contributed by atoms with Gasteiger partial charge in [0.15, 0.2) is 14.1 Å². The van der Waals surface area contributed by atoms with Gasteiger partial charge in [0.2, 0.25) is 0 Å². The van der Waals surface area contributed by atoms with Gasteiger partial charge in [-0.3, -0.25) is 0 Å². The minimum atomic E-state index is -2.22. The maximum absolute atomic E-state index is 11.3. The number of nitrogens with zero attached hydrogens (tertiary/aromatic N) is 3. The standard InChI is InChI=1S/C31H45ClN4O5Si/c1-18-25(24-19(2)36-40-20(24)3)34-28(35-27(18)32)21-13-12-14-22(17-21)39-26(30(4,5)6)23(15-16-38-29(33)37)41-42(10,11)31(7,8)9/h12-14,17,23,26H,15-16H2,1-11H3,(H2,33,37)/t23-,26?/m1/s1. The van der Waals surface area contributed by atoms with Gasteiger partial charge in [0.1, 0.15) is 22.8 Å². The van der Waals surface area contributed by atoms with Crippen LogP contribution in [-0.2, 0) is 9.16 Å². The van der Waals surface area contributed by atoms with Gasteiger partial charge >= 0.3 is 6.09 Å². The Morgan fingerprint density at radius 3 is 2.31 bits per heavy atom. The number of nitrogens with two attached hydrogens (primary N) is 1. The number of carbonyl (C=O) groups is 1. The molecule has 0 saturated heterocycles. The highest BCUT2D eigenvalue weighted by Crippen LogP contribution is 2.40. The van der Waals surface area contributed by atoms with Crippen molar-refractivity contribution in [3.63, 3.8) is 0 Å². The normalized spacial score (nSPS) is 14.0. The lowest BCUT2D eigenvalue weighted by atomic mass is 9.84. The van der Waals surface area contributed by atoms with Crippen molar-refractivity contribution in [2.75, 3.05) is 6.61 Å². The molecular formula is C31H45ClN4O5Si. The minimum absolute atomic E-state index is 0.0287. The Labute approximate surface area is 255 Å². The average Bonchev–Trinajstić information content (AvgIpc) is 3.19. The fourth-order valence-electron chi connectivity index (χ4n) is 4.45. The summed E-state index contributed by atoms with van der Waals surface area (Å²) in [6, 6.07) is 7.62. The summed E-state index contributed by atoms with van der Waals surface area (Å²) in [5, 5.41) is 4.41. The highest BCUT2D eigenvalue weighted by atomic mass is 35.5. The average molecular weight is 617 g/mol. The molecule has 0 aliphatic carbocycles. The molecule has 3 rings (SSSR count). The Kier molecular flexibility index (Phi) is 10.2. The van der Waals surface area contributed by atoms with Gasteiger partial charge in [0.05, 0.1) is 29.7 Å². The van der Waals surface area contributed by atoms with E-state index in [9.17, 15) is 4.79 Å². The third kappa shape index (κ3) is 7.90. The van der Waals surface area contributed by atoms with Crippen LogP contribution in [-0.4, -0.2) is 48.4 Å². The molecule has 2 atom stereocenters. The van der Waals surface area contributed by atoms with Crippen LogP contribution >= 0.6 is 11.6 Å². The topological polar surface area (TPSA) is 123 Å². The molecular weight excluding hydrogens is 572 g/mol. The number of hydrogen-bond donors (Lipinski definition) is 1. The molecule has 0 bridgehead atoms. The van der Waals surface area contributed by atoms with E-state index in [0.29, 0.717) is 34.6 Å². The van der Waals surface area contributed by atoms with Gasteiger partial charge in [-0.05, 0) is 51.0 Å². The second-order valence-electron chi connectivity index (χ2n) is 13.3. The van der Waals surface area contributed by atoms with Crippen molar-refractivity contribution < 1.29 is 23.2 Å². The molecule has 3 aromatic rings. The first-order valence-electron chi connectivity index (χ1n) is 14.2. The molecule has 0 spiro atoms. The SMILES string of the molecule is Cc1noc(C)c1-c1nc(-c2cccc(OC([C@@H](CCOC(N)=O)O[Si](C)(C)C(C)(C)C)C(C)(C)C)c2)nc(Cl)c1C. The molecule has 2 heterocycles. The van der Waals surface area contributed by atoms with E-state index in [0.717, 1.165) is 22.4 Å². The summed E-state index contributed by atoms with van der Waals surface area (Å²) in [6.07, 6.45) is -1.10. The monoisotopic (exact) mass is 616 g/mol. The predicted molar refractivity (Wildman–Crippen MR) is 168 cm³/mol. The lowest BCUT2D eigenvalue weighted by Gasteiger charge is -2.44. The van der Waals surface area contributed by atoms with Crippen LogP contribution in [0.15, 0.2) is 28.8 Å². The summed E-state index contributed by atoms with van der Waals surface area (Å²) in [5.41, 5.74) is 8.64. The zero-order valence-corrected chi connectivity index (χ0v) is 28.5. The van der Waals surface area contributed by atoms with Gasteiger partial charge in [0, 0.05) is 23.0 Å². The van der Waals surface area contributed by atoms with Crippen molar-refractivity contribution in [1.82, 2.24) is 15.1 Å². The molecule has 2 N–H and O–H groups in total. The van der Waals surface area contributed by atoms with E-state index >= 15 is 0 Å². The van der Waals surface area contributed by atoms with Crippen LogP contribution in [0.3, 0.4) is 0 Å². The molecule has 42 heavy (non-hydrogen) atoms. The van der Waals surface area contributed by atoms with Crippen LogP contribution in [0.2, 0.25) is 23.3 Å². The number of ether oxygens (including phenoxy) is 2. The van der Waals surface area contributed by atoms with Gasteiger partial charge in [-0.1, -0.05) is 70.4 Å². The molecule has 230 valence electrons. The van der Waals surface area contributed by atoms with E-state index in [2.05, 4.69) is 64.8 Å². The van der Waals surface area contributed by atoms with Crippen LogP contribution in [0.5, 0.6) is 5.75 Å². The smallest absolute Gasteiger partial charge is 0.404 e. The van der Waals surface area contributed by atoms with Gasteiger partial charge < -0.3 is 24.2 Å². The molecule has 2 aromatic heterocycles. The number of amides is 1. The van der Waals surface area contributed by atoms with E-state index < -0.39 is 14.4 Å². The molecule has 0 aliphatic heterocycles. The summed E-state index contributed by atoms with van der Waals surface area (Å²) in [6.45, 7) is 23.0. The summed E-state index contributed by atoms with van der Waals surface area (Å²) >= 11 is 6.59. The molecule has 1 aromatic carbocycles. The minimum Gasteiger partial charge on any atom is -0.487 e. The Morgan fingerprint density at radius 1 is 1.10 bits per heavy atom. The van der Waals surface area contributed by atoms with E-state index in [1.807, 2.05) is 45.0 Å². The third-order valence-electron chi connectivity index (χ3n) is 7.80. The maximum atomic E-state index is 11.3. The quantitative estimate of drug-likeness (QED) is 0.179. The number of carbonyl (C=O) groups excluding carboxylic acids is 1. The molecule has 0 aliphatic rings. The third-order valence-corrected chi connectivity index (χ3v) is 12.7. The van der Waals surface area contributed by atoms with Crippen LogP contribution in [0.1, 0.15) is 65.0 Å². The highest BCUT2D eigenvalue weighted by molar-refractivity contribution is 6.74. The van der Waals surface area contributed by atoms with Crippen molar-refractivity contribution in [1.29, 1.82) is 0 Å². The molecule has 1 unspecified atom stereocenters. The number of aromatic nitrogens is 3. The molecule has 0 fully saturated rings. The first-order chi connectivity index (χ1) is 19.3. The second-order valence-corrected chi connectivity index (χ2v) is 18.4. The van der Waals surface area contributed by atoms with Crippen molar-refractivity contribution in [2.45, 2.75) is 99.1 Å². The molecule has 0 saturated carbocycles. The van der Waals surface area contributed by atoms with Gasteiger partial charge in [-0.25, -0.2) is 14.8 Å². The van der Waals surface area contributed by atoms with Crippen molar-refractivity contribution in [2.24, 2.45) is 11.1 Å². The van der Waals surface area contributed by atoms with Crippen LogP contribution in [0.25, 0.3) is 22.6 Å². The van der Waals surface area contributed by atoms with Crippen molar-refractivity contribution >= 4 is 26.0 Å². The van der Waals surface area contributed by atoms with Gasteiger partial charge in [-0.15, -0.1) is 0 Å². The Morgan fingerprint density at radius 2 is 1.76 bits per heavy atom. The molecule has 0 radical (unpaired) electrons. The van der Waals surface area contributed by atoms with Crippen LogP contribution < -0.4 is 10.5 Å². The van der Waals surface area contributed by atoms with E-state index in [1.165, 1.54) is 0 Å². The summed E-state index contributed by atoms with van der Waals surface area (Å²) in [5.74, 6) is 1.75. The number of primary amides is 1. The highest BCUT2D eigenvalue weighted by Gasteiger charge is 2.44. The summed E-state index contributed by atoms with van der Waals surface area (Å²) < 4.78 is 24.1. The van der Waals surface area contributed by atoms with E-state index in [4.69, 9.17) is 40.7 Å². The number of aryl methyl sites for hydroxylation is 2. The number of benzene rings is 1. The summed E-state index contributed by atoms with van der Waals surface area (Å²) in [4.78, 5) is 20.8. The lowest BCUT2D eigenvalue weighted by Crippen LogP contribution is -2.52. The van der Waals surface area contributed by atoms with Crippen molar-refractivity contribution in [3.05, 3.63) is 46.4 Å². The lowest BCUT2D eigenvalue weighted by molar-refractivity contribution is -0.0302. The number of hydrogen-bond acceptors (Lipinski definition) is 8. The number of halogens is 1. The molecule has 11 heteroatoms. The largest absolute Gasteiger partial charge is 0.487 e. The first kappa shape index (κ1) is 33.5.